The van der Waals surface area contributed by atoms with Crippen molar-refractivity contribution in [2.24, 2.45) is 17.6 Å². The van der Waals surface area contributed by atoms with Crippen molar-refractivity contribution >= 4 is 11.9 Å². The SMILES string of the molecule is CCC(C)[C@H](N)C(=O)NC(CC(C)C)C(=O)OC. The molecule has 0 aliphatic heterocycles. The zero-order valence-electron chi connectivity index (χ0n) is 12.0. The van der Waals surface area contributed by atoms with Gasteiger partial charge < -0.3 is 15.8 Å². The summed E-state index contributed by atoms with van der Waals surface area (Å²) in [6.45, 7) is 7.86. The monoisotopic (exact) mass is 258 g/mol. The molecule has 2 unspecified atom stereocenters. The highest BCUT2D eigenvalue weighted by Crippen LogP contribution is 2.09. The van der Waals surface area contributed by atoms with Gasteiger partial charge in [-0.25, -0.2) is 4.79 Å². The van der Waals surface area contributed by atoms with Crippen LogP contribution >= 0.6 is 0 Å². The normalized spacial score (nSPS) is 15.9. The van der Waals surface area contributed by atoms with Gasteiger partial charge in [0.1, 0.15) is 6.04 Å². The molecule has 0 aliphatic carbocycles. The Bertz CT molecular complexity index is 279. The lowest BCUT2D eigenvalue weighted by molar-refractivity contribution is -0.145. The molecule has 0 aromatic rings. The predicted molar refractivity (Wildman–Crippen MR) is 70.8 cm³/mol. The van der Waals surface area contributed by atoms with Crippen LogP contribution in [0.15, 0.2) is 0 Å². The predicted octanol–water partition coefficient (Wildman–Crippen LogP) is 1.06. The van der Waals surface area contributed by atoms with Gasteiger partial charge in [0.05, 0.1) is 13.2 Å². The van der Waals surface area contributed by atoms with Crippen molar-refractivity contribution in [1.82, 2.24) is 5.32 Å². The van der Waals surface area contributed by atoms with Gasteiger partial charge in [0.15, 0.2) is 0 Å². The Morgan fingerprint density at radius 1 is 1.28 bits per heavy atom. The minimum absolute atomic E-state index is 0.0855. The number of rotatable bonds is 7. The molecule has 5 nitrogen and oxygen atoms in total. The molecule has 3 atom stereocenters. The third kappa shape index (κ3) is 5.49. The van der Waals surface area contributed by atoms with Gasteiger partial charge in [-0.1, -0.05) is 34.1 Å². The third-order valence-electron chi connectivity index (χ3n) is 3.07. The first-order chi connectivity index (χ1) is 8.33. The summed E-state index contributed by atoms with van der Waals surface area (Å²) in [5, 5.41) is 2.68. The van der Waals surface area contributed by atoms with E-state index in [4.69, 9.17) is 5.73 Å². The Hall–Kier alpha value is -1.10. The van der Waals surface area contributed by atoms with Crippen LogP contribution in [0.4, 0.5) is 0 Å². The second kappa shape index (κ2) is 8.08. The second-order valence-electron chi connectivity index (χ2n) is 5.13. The van der Waals surface area contributed by atoms with E-state index in [-0.39, 0.29) is 17.7 Å². The van der Waals surface area contributed by atoms with Gasteiger partial charge in [0.2, 0.25) is 5.91 Å². The van der Waals surface area contributed by atoms with Crippen molar-refractivity contribution in [2.45, 2.75) is 52.6 Å². The first-order valence-electron chi connectivity index (χ1n) is 6.47. The maximum atomic E-state index is 11.9. The summed E-state index contributed by atoms with van der Waals surface area (Å²) in [5.41, 5.74) is 5.83. The Kier molecular flexibility index (Phi) is 7.59. The molecule has 18 heavy (non-hydrogen) atoms. The number of hydrogen-bond donors (Lipinski definition) is 2. The van der Waals surface area contributed by atoms with Crippen molar-refractivity contribution in [2.75, 3.05) is 7.11 Å². The van der Waals surface area contributed by atoms with Crippen LogP contribution in [0.5, 0.6) is 0 Å². The number of hydrogen-bond acceptors (Lipinski definition) is 4. The zero-order valence-corrected chi connectivity index (χ0v) is 12.0. The van der Waals surface area contributed by atoms with Crippen LogP contribution < -0.4 is 11.1 Å². The first-order valence-corrected chi connectivity index (χ1v) is 6.47. The van der Waals surface area contributed by atoms with E-state index in [9.17, 15) is 9.59 Å². The van der Waals surface area contributed by atoms with E-state index in [1.54, 1.807) is 0 Å². The van der Waals surface area contributed by atoms with Crippen LogP contribution in [0.2, 0.25) is 0 Å². The molecule has 0 bridgehead atoms. The number of nitrogens with two attached hydrogens (primary N) is 1. The molecule has 3 N–H and O–H groups in total. The lowest BCUT2D eigenvalue weighted by Crippen LogP contribution is -2.51. The van der Waals surface area contributed by atoms with Crippen LogP contribution in [-0.4, -0.2) is 31.1 Å². The Balaban J connectivity index is 4.57. The summed E-state index contributed by atoms with van der Waals surface area (Å²) in [6.07, 6.45) is 1.37. The lowest BCUT2D eigenvalue weighted by Gasteiger charge is -2.23. The molecule has 0 saturated heterocycles. The highest BCUT2D eigenvalue weighted by molar-refractivity contribution is 5.87. The summed E-state index contributed by atoms with van der Waals surface area (Å²) >= 11 is 0. The van der Waals surface area contributed by atoms with Crippen LogP contribution in [0, 0.1) is 11.8 Å². The van der Waals surface area contributed by atoms with Crippen LogP contribution in [0.1, 0.15) is 40.5 Å². The molecule has 0 aliphatic rings. The number of carbonyl (C=O) groups is 2. The third-order valence-corrected chi connectivity index (χ3v) is 3.07. The molecule has 0 rings (SSSR count). The van der Waals surface area contributed by atoms with Gasteiger partial charge in [-0.3, -0.25) is 4.79 Å². The fraction of sp³-hybridized carbons (Fsp3) is 0.846. The zero-order chi connectivity index (χ0) is 14.3. The quantitative estimate of drug-likeness (QED) is 0.669. The van der Waals surface area contributed by atoms with Gasteiger partial charge >= 0.3 is 5.97 Å². The van der Waals surface area contributed by atoms with Gasteiger partial charge in [-0.2, -0.15) is 0 Å². The molecule has 0 spiro atoms. The minimum Gasteiger partial charge on any atom is -0.467 e. The summed E-state index contributed by atoms with van der Waals surface area (Å²) in [4.78, 5) is 23.5. The second-order valence-corrected chi connectivity index (χ2v) is 5.13. The minimum atomic E-state index is -0.613. The summed E-state index contributed by atoms with van der Waals surface area (Å²) in [6, 6.07) is -1.20. The van der Waals surface area contributed by atoms with Gasteiger partial charge in [-0.15, -0.1) is 0 Å². The van der Waals surface area contributed by atoms with E-state index in [0.717, 1.165) is 6.42 Å². The average Bonchev–Trinajstić information content (AvgIpc) is 2.34. The van der Waals surface area contributed by atoms with E-state index < -0.39 is 18.1 Å². The highest BCUT2D eigenvalue weighted by atomic mass is 16.5. The number of methoxy groups -OCH3 is 1. The number of carbonyl (C=O) groups excluding carboxylic acids is 2. The molecule has 0 radical (unpaired) electrons. The van der Waals surface area contributed by atoms with E-state index >= 15 is 0 Å². The fourth-order valence-corrected chi connectivity index (χ4v) is 1.61. The first kappa shape index (κ1) is 16.9. The van der Waals surface area contributed by atoms with E-state index in [2.05, 4.69) is 10.1 Å². The fourth-order valence-electron chi connectivity index (χ4n) is 1.61. The Labute approximate surface area is 109 Å². The van der Waals surface area contributed by atoms with Gasteiger partial charge in [0.25, 0.3) is 0 Å². The number of amides is 1. The molecule has 0 saturated carbocycles. The van der Waals surface area contributed by atoms with Crippen molar-refractivity contribution in [3.05, 3.63) is 0 Å². The molecule has 1 amide bonds. The molecule has 0 aromatic carbocycles. The van der Waals surface area contributed by atoms with Gasteiger partial charge in [-0.05, 0) is 18.3 Å². The topological polar surface area (TPSA) is 81.4 Å². The molecule has 0 heterocycles. The van der Waals surface area contributed by atoms with Crippen molar-refractivity contribution in [3.63, 3.8) is 0 Å². The molecule has 106 valence electrons. The van der Waals surface area contributed by atoms with E-state index in [1.807, 2.05) is 27.7 Å². The molecule has 0 fully saturated rings. The lowest BCUT2D eigenvalue weighted by atomic mass is 9.98. The Morgan fingerprint density at radius 3 is 2.22 bits per heavy atom. The van der Waals surface area contributed by atoms with Crippen molar-refractivity contribution in [3.8, 4) is 0 Å². The van der Waals surface area contributed by atoms with E-state index in [1.165, 1.54) is 7.11 Å². The van der Waals surface area contributed by atoms with Crippen LogP contribution in [-0.2, 0) is 14.3 Å². The van der Waals surface area contributed by atoms with Crippen LogP contribution in [0.3, 0.4) is 0 Å². The standard InChI is InChI=1S/C13H26N2O3/c1-6-9(4)11(14)12(16)15-10(7-8(2)3)13(17)18-5/h8-11H,6-7,14H2,1-5H3,(H,15,16)/t9?,10?,11-/m0/s1. The maximum Gasteiger partial charge on any atom is 0.328 e. The Morgan fingerprint density at radius 2 is 1.83 bits per heavy atom. The smallest absolute Gasteiger partial charge is 0.328 e. The number of nitrogens with one attached hydrogen (secondary N) is 1. The largest absolute Gasteiger partial charge is 0.467 e. The summed E-state index contributed by atoms with van der Waals surface area (Å²) in [5.74, 6) is -0.342. The van der Waals surface area contributed by atoms with Gasteiger partial charge in [0, 0.05) is 0 Å². The molecule has 5 heteroatoms. The number of esters is 1. The summed E-state index contributed by atoms with van der Waals surface area (Å²) in [7, 11) is 1.32. The summed E-state index contributed by atoms with van der Waals surface area (Å²) < 4.78 is 4.69. The molecular formula is C13H26N2O3. The molecular weight excluding hydrogens is 232 g/mol. The van der Waals surface area contributed by atoms with Crippen molar-refractivity contribution < 1.29 is 14.3 Å². The maximum absolute atomic E-state index is 11.9. The average molecular weight is 258 g/mol. The highest BCUT2D eigenvalue weighted by Gasteiger charge is 2.26. The number of ether oxygens (including phenoxy) is 1. The molecule has 0 aromatic heterocycles. The van der Waals surface area contributed by atoms with Crippen molar-refractivity contribution in [1.29, 1.82) is 0 Å². The van der Waals surface area contributed by atoms with E-state index in [0.29, 0.717) is 6.42 Å². The van der Waals surface area contributed by atoms with Crippen LogP contribution in [0.25, 0.3) is 0 Å².